The highest BCUT2D eigenvalue weighted by molar-refractivity contribution is 7.91. The van der Waals surface area contributed by atoms with Gasteiger partial charge in [-0.1, -0.05) is 12.1 Å². The third-order valence-electron chi connectivity index (χ3n) is 4.92. The molecule has 11 heteroatoms. The lowest BCUT2D eigenvalue weighted by Gasteiger charge is -2.33. The molecular formula is C19H21N3O6S2. The summed E-state index contributed by atoms with van der Waals surface area (Å²) in [6, 6.07) is 10.1. The molecule has 0 aliphatic carbocycles. The molecule has 1 fully saturated rings. The van der Waals surface area contributed by atoms with Crippen LogP contribution in [-0.4, -0.2) is 63.5 Å². The Morgan fingerprint density at radius 2 is 1.87 bits per heavy atom. The molecule has 1 aromatic carbocycles. The first-order chi connectivity index (χ1) is 14.4. The molecule has 2 aliphatic heterocycles. The number of nitrogens with zero attached hydrogens (tertiary/aromatic N) is 2. The van der Waals surface area contributed by atoms with Gasteiger partial charge in [-0.3, -0.25) is 9.59 Å². The van der Waals surface area contributed by atoms with Gasteiger partial charge in [0, 0.05) is 18.0 Å². The number of benzene rings is 1. The van der Waals surface area contributed by atoms with E-state index in [4.69, 9.17) is 15.2 Å². The lowest BCUT2D eigenvalue weighted by atomic mass is 10.1. The molecule has 0 saturated carbocycles. The number of primary amides is 1. The molecule has 9 nitrogen and oxygen atoms in total. The number of anilines is 1. The van der Waals surface area contributed by atoms with Crippen molar-refractivity contribution in [2.24, 2.45) is 5.73 Å². The van der Waals surface area contributed by atoms with Gasteiger partial charge < -0.3 is 20.1 Å². The Kier molecular flexibility index (Phi) is 5.78. The van der Waals surface area contributed by atoms with Gasteiger partial charge in [0.2, 0.25) is 5.91 Å². The summed E-state index contributed by atoms with van der Waals surface area (Å²) in [6.07, 6.45) is -0.937. The number of fused-ring (bicyclic) bond motifs is 1. The molecule has 160 valence electrons. The number of nitrogens with two attached hydrogens (primary N) is 1. The van der Waals surface area contributed by atoms with E-state index in [1.165, 1.54) is 15.3 Å². The smallest absolute Gasteiger partial charge is 0.260 e. The number of hydrogen-bond donors (Lipinski definition) is 1. The summed E-state index contributed by atoms with van der Waals surface area (Å²) >= 11 is 1.07. The first-order valence-electron chi connectivity index (χ1n) is 9.38. The molecule has 30 heavy (non-hydrogen) atoms. The lowest BCUT2D eigenvalue weighted by Crippen LogP contribution is -2.49. The summed E-state index contributed by atoms with van der Waals surface area (Å²) in [5.41, 5.74) is 5.93. The predicted octanol–water partition coefficient (Wildman–Crippen LogP) is 0.591. The van der Waals surface area contributed by atoms with Crippen LogP contribution in [0, 0.1) is 0 Å². The summed E-state index contributed by atoms with van der Waals surface area (Å²) < 4.78 is 38.0. The maximum absolute atomic E-state index is 13.0. The zero-order chi connectivity index (χ0) is 21.3. The minimum Gasteiger partial charge on any atom is -0.477 e. The van der Waals surface area contributed by atoms with Crippen LogP contribution >= 0.6 is 11.3 Å². The molecule has 1 aromatic heterocycles. The molecule has 2 amide bonds. The zero-order valence-electron chi connectivity index (χ0n) is 16.0. The minimum absolute atomic E-state index is 0.00309. The Balaban J connectivity index is 1.52. The van der Waals surface area contributed by atoms with Gasteiger partial charge in [-0.25, -0.2) is 8.42 Å². The van der Waals surface area contributed by atoms with Crippen molar-refractivity contribution in [3.8, 4) is 5.75 Å². The fraction of sp³-hybridized carbons (Fsp3) is 0.368. The molecular weight excluding hydrogens is 430 g/mol. The topological polar surface area (TPSA) is 119 Å². The summed E-state index contributed by atoms with van der Waals surface area (Å²) in [4.78, 5) is 26.7. The molecule has 2 aromatic rings. The third kappa shape index (κ3) is 4.06. The number of sulfonamides is 1. The largest absolute Gasteiger partial charge is 0.477 e. The second kappa shape index (κ2) is 8.34. The van der Waals surface area contributed by atoms with Crippen LogP contribution < -0.4 is 15.4 Å². The van der Waals surface area contributed by atoms with E-state index in [1.54, 1.807) is 30.3 Å². The number of carbonyl (C=O) groups is 2. The van der Waals surface area contributed by atoms with Crippen LogP contribution in [-0.2, 0) is 30.8 Å². The first kappa shape index (κ1) is 20.8. The van der Waals surface area contributed by atoms with Crippen molar-refractivity contribution >= 4 is 38.9 Å². The van der Waals surface area contributed by atoms with Crippen molar-refractivity contribution in [2.45, 2.75) is 16.7 Å². The normalized spacial score (nSPS) is 19.7. The van der Waals surface area contributed by atoms with Crippen molar-refractivity contribution in [1.29, 1.82) is 0 Å². The highest BCUT2D eigenvalue weighted by atomic mass is 32.2. The van der Waals surface area contributed by atoms with E-state index >= 15 is 0 Å². The Morgan fingerprint density at radius 3 is 2.60 bits per heavy atom. The molecule has 0 bridgehead atoms. The maximum atomic E-state index is 13.0. The summed E-state index contributed by atoms with van der Waals surface area (Å²) in [7, 11) is -3.60. The predicted molar refractivity (Wildman–Crippen MR) is 110 cm³/mol. The van der Waals surface area contributed by atoms with Gasteiger partial charge in [0.15, 0.2) is 6.10 Å². The van der Waals surface area contributed by atoms with Gasteiger partial charge in [-0.2, -0.15) is 4.31 Å². The SMILES string of the molecule is NC(=O)C1CN(C(=O)Cc2ccc(S(=O)(=O)N3CCOCC3)s2)c2ccccc2O1. The van der Waals surface area contributed by atoms with Crippen LogP contribution in [0.5, 0.6) is 5.75 Å². The second-order valence-electron chi connectivity index (χ2n) is 6.89. The van der Waals surface area contributed by atoms with Gasteiger partial charge in [-0.05, 0) is 24.3 Å². The Labute approximate surface area is 178 Å². The number of ether oxygens (including phenoxy) is 2. The molecule has 1 atom stereocenters. The molecule has 2 N–H and O–H groups in total. The van der Waals surface area contributed by atoms with Crippen molar-refractivity contribution in [3.63, 3.8) is 0 Å². The van der Waals surface area contributed by atoms with Gasteiger partial charge in [0.1, 0.15) is 9.96 Å². The molecule has 1 saturated heterocycles. The molecule has 3 heterocycles. The first-order valence-corrected chi connectivity index (χ1v) is 11.6. The Hall–Kier alpha value is -2.47. The number of hydrogen-bond acceptors (Lipinski definition) is 7. The number of thiophene rings is 1. The molecule has 2 aliphatic rings. The van der Waals surface area contributed by atoms with Crippen LogP contribution in [0.3, 0.4) is 0 Å². The molecule has 0 spiro atoms. The Morgan fingerprint density at radius 1 is 1.13 bits per heavy atom. The summed E-state index contributed by atoms with van der Waals surface area (Å²) in [5.74, 6) is -0.519. The average Bonchev–Trinajstić information content (AvgIpc) is 3.22. The van der Waals surface area contributed by atoms with E-state index in [1.807, 2.05) is 0 Å². The van der Waals surface area contributed by atoms with Crippen molar-refractivity contribution in [2.75, 3.05) is 37.7 Å². The van der Waals surface area contributed by atoms with Crippen LogP contribution in [0.1, 0.15) is 4.88 Å². The highest BCUT2D eigenvalue weighted by Gasteiger charge is 2.33. The highest BCUT2D eigenvalue weighted by Crippen LogP contribution is 2.34. The summed E-state index contributed by atoms with van der Waals surface area (Å²) in [5, 5.41) is 0. The zero-order valence-corrected chi connectivity index (χ0v) is 17.7. The van der Waals surface area contributed by atoms with Gasteiger partial charge in [0.25, 0.3) is 15.9 Å². The van der Waals surface area contributed by atoms with E-state index in [0.29, 0.717) is 42.6 Å². The quantitative estimate of drug-likeness (QED) is 0.711. The fourth-order valence-electron chi connectivity index (χ4n) is 3.37. The van der Waals surface area contributed by atoms with Gasteiger partial charge in [-0.15, -0.1) is 11.3 Å². The van der Waals surface area contributed by atoms with Crippen molar-refractivity contribution < 1.29 is 27.5 Å². The van der Waals surface area contributed by atoms with Crippen LogP contribution in [0.4, 0.5) is 5.69 Å². The van der Waals surface area contributed by atoms with Crippen LogP contribution in [0.2, 0.25) is 0 Å². The minimum atomic E-state index is -3.60. The number of para-hydroxylation sites is 2. The van der Waals surface area contributed by atoms with E-state index in [-0.39, 0.29) is 23.1 Å². The van der Waals surface area contributed by atoms with Crippen molar-refractivity contribution in [1.82, 2.24) is 4.31 Å². The van der Waals surface area contributed by atoms with Crippen molar-refractivity contribution in [3.05, 3.63) is 41.3 Å². The summed E-state index contributed by atoms with van der Waals surface area (Å²) in [6.45, 7) is 1.37. The standard InChI is InChI=1S/C19H21N3O6S2/c20-19(24)16-12-22(14-3-1-2-4-15(14)28-16)17(23)11-13-5-6-18(29-13)30(25,26)21-7-9-27-10-8-21/h1-6,16H,7-12H2,(H2,20,24). The third-order valence-corrected chi connectivity index (χ3v) is 8.37. The lowest BCUT2D eigenvalue weighted by molar-refractivity contribution is -0.125. The van der Waals surface area contributed by atoms with Crippen LogP contribution in [0.15, 0.2) is 40.6 Å². The molecule has 4 rings (SSSR count). The van der Waals surface area contributed by atoms with E-state index in [2.05, 4.69) is 0 Å². The maximum Gasteiger partial charge on any atom is 0.260 e. The fourth-order valence-corrected chi connectivity index (χ4v) is 6.28. The molecule has 0 radical (unpaired) electrons. The van der Waals surface area contributed by atoms with E-state index < -0.39 is 22.0 Å². The van der Waals surface area contributed by atoms with E-state index in [9.17, 15) is 18.0 Å². The average molecular weight is 452 g/mol. The number of carbonyl (C=O) groups excluding carboxylic acids is 2. The monoisotopic (exact) mass is 451 g/mol. The number of rotatable bonds is 5. The van der Waals surface area contributed by atoms with Gasteiger partial charge >= 0.3 is 0 Å². The Bertz CT molecular complexity index is 1060. The second-order valence-corrected chi connectivity index (χ2v) is 10.2. The van der Waals surface area contributed by atoms with Gasteiger partial charge in [0.05, 0.1) is 31.9 Å². The molecule has 1 unspecified atom stereocenters. The van der Waals surface area contributed by atoms with E-state index in [0.717, 1.165) is 11.3 Å². The number of morpholine rings is 1. The number of amides is 2. The van der Waals surface area contributed by atoms with Crippen LogP contribution in [0.25, 0.3) is 0 Å².